The van der Waals surface area contributed by atoms with Crippen LogP contribution in [0.2, 0.25) is 0 Å². The lowest BCUT2D eigenvalue weighted by Crippen LogP contribution is -2.35. The first-order valence-corrected chi connectivity index (χ1v) is 9.29. The second kappa shape index (κ2) is 9.50. The molecule has 148 valence electrons. The lowest BCUT2D eigenvalue weighted by Gasteiger charge is -2.10. The third-order valence-corrected chi connectivity index (χ3v) is 4.53. The third kappa shape index (κ3) is 5.42. The Bertz CT molecular complexity index is 1010. The molecule has 0 aliphatic heterocycles. The van der Waals surface area contributed by atoms with Crippen molar-refractivity contribution in [3.63, 3.8) is 0 Å². The molecule has 0 bridgehead atoms. The first kappa shape index (κ1) is 20.1. The van der Waals surface area contributed by atoms with Crippen LogP contribution >= 0.6 is 0 Å². The molecule has 3 rings (SSSR count). The third-order valence-electron chi connectivity index (χ3n) is 4.53. The minimum absolute atomic E-state index is 0.343. The average Bonchev–Trinajstić information content (AvgIpc) is 3.17. The van der Waals surface area contributed by atoms with E-state index in [-0.39, 0.29) is 0 Å². The zero-order valence-electron chi connectivity index (χ0n) is 16.1. The van der Waals surface area contributed by atoms with E-state index in [4.69, 9.17) is 4.74 Å². The standard InChI is InChI=1S/C23H22N2O4/c1-25-15-7-12-20(25)22(27)24-21(26)16-29-23(28)19-11-6-5-10-18(19)14-13-17-8-3-2-4-9-17/h2-12,15H,13-14,16H2,1H3,(H,24,26,27). The monoisotopic (exact) mass is 390 g/mol. The highest BCUT2D eigenvalue weighted by atomic mass is 16.5. The van der Waals surface area contributed by atoms with Crippen molar-refractivity contribution in [1.82, 2.24) is 9.88 Å². The first-order valence-electron chi connectivity index (χ1n) is 9.29. The van der Waals surface area contributed by atoms with Gasteiger partial charge in [0, 0.05) is 13.2 Å². The Hall–Kier alpha value is -3.67. The molecule has 3 aromatic rings. The van der Waals surface area contributed by atoms with Gasteiger partial charge in [-0.05, 0) is 42.2 Å². The summed E-state index contributed by atoms with van der Waals surface area (Å²) in [5.41, 5.74) is 2.79. The number of esters is 1. The van der Waals surface area contributed by atoms with Crippen LogP contribution < -0.4 is 5.32 Å². The molecule has 0 saturated heterocycles. The maximum Gasteiger partial charge on any atom is 0.338 e. The molecule has 2 aromatic carbocycles. The highest BCUT2D eigenvalue weighted by molar-refractivity contribution is 6.04. The van der Waals surface area contributed by atoms with Gasteiger partial charge in [-0.3, -0.25) is 14.9 Å². The summed E-state index contributed by atoms with van der Waals surface area (Å²) in [7, 11) is 1.70. The van der Waals surface area contributed by atoms with E-state index < -0.39 is 24.4 Å². The van der Waals surface area contributed by atoms with Gasteiger partial charge in [0.15, 0.2) is 6.61 Å². The van der Waals surface area contributed by atoms with E-state index in [2.05, 4.69) is 5.32 Å². The summed E-state index contributed by atoms with van der Waals surface area (Å²) in [4.78, 5) is 36.5. The van der Waals surface area contributed by atoms with E-state index >= 15 is 0 Å². The Morgan fingerprint density at radius 3 is 2.34 bits per heavy atom. The Labute approximate surface area is 169 Å². The van der Waals surface area contributed by atoms with Crippen molar-refractivity contribution in [2.75, 3.05) is 6.61 Å². The molecule has 2 amide bonds. The van der Waals surface area contributed by atoms with E-state index in [1.54, 1.807) is 42.1 Å². The van der Waals surface area contributed by atoms with Gasteiger partial charge in [-0.25, -0.2) is 4.79 Å². The molecule has 0 fully saturated rings. The van der Waals surface area contributed by atoms with Crippen LogP contribution in [0.3, 0.4) is 0 Å². The molecule has 1 aromatic heterocycles. The number of carbonyl (C=O) groups is 3. The van der Waals surface area contributed by atoms with Crippen LogP contribution in [0.4, 0.5) is 0 Å². The Balaban J connectivity index is 1.56. The van der Waals surface area contributed by atoms with Crippen molar-refractivity contribution in [1.29, 1.82) is 0 Å². The number of ether oxygens (including phenoxy) is 1. The van der Waals surface area contributed by atoms with Gasteiger partial charge in [0.25, 0.3) is 11.8 Å². The number of hydrogen-bond acceptors (Lipinski definition) is 4. The van der Waals surface area contributed by atoms with E-state index in [0.717, 1.165) is 12.0 Å². The lowest BCUT2D eigenvalue weighted by atomic mass is 10.00. The molecule has 0 aliphatic carbocycles. The van der Waals surface area contributed by atoms with E-state index in [1.165, 1.54) is 5.56 Å². The number of aryl methyl sites for hydroxylation is 3. The largest absolute Gasteiger partial charge is 0.452 e. The maximum absolute atomic E-state index is 12.5. The average molecular weight is 390 g/mol. The van der Waals surface area contributed by atoms with Gasteiger partial charge < -0.3 is 9.30 Å². The van der Waals surface area contributed by atoms with Crippen LogP contribution in [0, 0.1) is 0 Å². The number of imide groups is 1. The zero-order valence-corrected chi connectivity index (χ0v) is 16.1. The quantitative estimate of drug-likeness (QED) is 0.630. The molecule has 0 aliphatic rings. The van der Waals surface area contributed by atoms with Gasteiger partial charge in [-0.1, -0.05) is 48.5 Å². The van der Waals surface area contributed by atoms with Gasteiger partial charge in [-0.15, -0.1) is 0 Å². The summed E-state index contributed by atoms with van der Waals surface area (Å²) in [6, 6.07) is 20.4. The number of carbonyl (C=O) groups excluding carboxylic acids is 3. The number of amides is 2. The molecule has 0 spiro atoms. The van der Waals surface area contributed by atoms with E-state index in [9.17, 15) is 14.4 Å². The summed E-state index contributed by atoms with van der Waals surface area (Å²) < 4.78 is 6.72. The number of nitrogens with one attached hydrogen (secondary N) is 1. The Morgan fingerprint density at radius 2 is 1.62 bits per heavy atom. The summed E-state index contributed by atoms with van der Waals surface area (Å²) in [6.45, 7) is -0.526. The summed E-state index contributed by atoms with van der Waals surface area (Å²) in [5.74, 6) is -1.80. The zero-order chi connectivity index (χ0) is 20.6. The van der Waals surface area contributed by atoms with E-state index in [0.29, 0.717) is 17.7 Å². The highest BCUT2D eigenvalue weighted by Crippen LogP contribution is 2.14. The molecular weight excluding hydrogens is 368 g/mol. The van der Waals surface area contributed by atoms with Crippen molar-refractivity contribution in [2.24, 2.45) is 7.05 Å². The number of hydrogen-bond donors (Lipinski definition) is 1. The maximum atomic E-state index is 12.5. The molecule has 0 saturated carbocycles. The second-order valence-corrected chi connectivity index (χ2v) is 6.60. The van der Waals surface area contributed by atoms with E-state index in [1.807, 2.05) is 42.5 Å². The fourth-order valence-corrected chi connectivity index (χ4v) is 2.99. The van der Waals surface area contributed by atoms with Crippen LogP contribution in [0.15, 0.2) is 72.9 Å². The molecule has 6 nitrogen and oxygen atoms in total. The van der Waals surface area contributed by atoms with Gasteiger partial charge in [0.05, 0.1) is 5.56 Å². The van der Waals surface area contributed by atoms with Gasteiger partial charge in [0.1, 0.15) is 5.69 Å². The Kier molecular flexibility index (Phi) is 6.58. The van der Waals surface area contributed by atoms with Crippen molar-refractivity contribution < 1.29 is 19.1 Å². The van der Waals surface area contributed by atoms with Gasteiger partial charge in [-0.2, -0.15) is 0 Å². The molecule has 1 N–H and O–H groups in total. The molecule has 0 unspecified atom stereocenters. The van der Waals surface area contributed by atoms with Crippen LogP contribution in [0.1, 0.15) is 32.0 Å². The molecule has 0 radical (unpaired) electrons. The van der Waals surface area contributed by atoms with Crippen LogP contribution in [0.5, 0.6) is 0 Å². The minimum atomic E-state index is -0.675. The van der Waals surface area contributed by atoms with Gasteiger partial charge in [0.2, 0.25) is 0 Å². The smallest absolute Gasteiger partial charge is 0.338 e. The summed E-state index contributed by atoms with van der Waals surface area (Å²) in [6.07, 6.45) is 3.16. The predicted molar refractivity (Wildman–Crippen MR) is 108 cm³/mol. The molecule has 1 heterocycles. The number of rotatable bonds is 7. The fourth-order valence-electron chi connectivity index (χ4n) is 2.99. The normalized spacial score (nSPS) is 10.4. The first-order chi connectivity index (χ1) is 14.0. The predicted octanol–water partition coefficient (Wildman–Crippen LogP) is 2.92. The second-order valence-electron chi connectivity index (χ2n) is 6.60. The topological polar surface area (TPSA) is 77.4 Å². The lowest BCUT2D eigenvalue weighted by molar-refractivity contribution is -0.123. The van der Waals surface area contributed by atoms with Crippen LogP contribution in [-0.4, -0.2) is 29.0 Å². The molecule has 0 atom stereocenters. The number of aromatic nitrogens is 1. The minimum Gasteiger partial charge on any atom is -0.452 e. The van der Waals surface area contributed by atoms with Crippen LogP contribution in [0.25, 0.3) is 0 Å². The fraction of sp³-hybridized carbons (Fsp3) is 0.174. The molecular formula is C23H22N2O4. The van der Waals surface area contributed by atoms with Crippen LogP contribution in [-0.2, 0) is 29.4 Å². The van der Waals surface area contributed by atoms with Crippen molar-refractivity contribution in [2.45, 2.75) is 12.8 Å². The highest BCUT2D eigenvalue weighted by Gasteiger charge is 2.17. The SMILES string of the molecule is Cn1cccc1C(=O)NC(=O)COC(=O)c1ccccc1CCc1ccccc1. The molecule has 29 heavy (non-hydrogen) atoms. The van der Waals surface area contributed by atoms with Crippen molar-refractivity contribution in [3.05, 3.63) is 95.3 Å². The number of benzene rings is 2. The van der Waals surface area contributed by atoms with Crippen molar-refractivity contribution >= 4 is 17.8 Å². The van der Waals surface area contributed by atoms with Gasteiger partial charge >= 0.3 is 5.97 Å². The summed E-state index contributed by atoms with van der Waals surface area (Å²) in [5, 5.41) is 2.22. The Morgan fingerprint density at radius 1 is 0.897 bits per heavy atom. The van der Waals surface area contributed by atoms with Crippen molar-refractivity contribution in [3.8, 4) is 0 Å². The summed E-state index contributed by atoms with van der Waals surface area (Å²) >= 11 is 0. The molecule has 6 heteroatoms. The number of nitrogens with zero attached hydrogens (tertiary/aromatic N) is 1.